The zero-order valence-electron chi connectivity index (χ0n) is 16.0. The molecule has 0 spiro atoms. The van der Waals surface area contributed by atoms with Gasteiger partial charge in [0.1, 0.15) is 0 Å². The smallest absolute Gasteiger partial charge is 0.242 e. The molecule has 2 atom stereocenters. The van der Waals surface area contributed by atoms with Gasteiger partial charge in [0.25, 0.3) is 0 Å². The summed E-state index contributed by atoms with van der Waals surface area (Å²) in [4.78, 5) is 0.0138. The maximum absolute atomic E-state index is 12.7. The summed E-state index contributed by atoms with van der Waals surface area (Å²) in [5.41, 5.74) is 1.90. The molecule has 9 heteroatoms. The topological polar surface area (TPSA) is 99.1 Å². The molecule has 0 heterocycles. The number of hydrogen-bond donors (Lipinski definition) is 3. The lowest BCUT2D eigenvalue weighted by Gasteiger charge is -2.21. The fourth-order valence-electron chi connectivity index (χ4n) is 2.59. The highest BCUT2D eigenvalue weighted by Crippen LogP contribution is 2.25. The summed E-state index contributed by atoms with van der Waals surface area (Å²) in [6, 6.07) is 11.3. The summed E-state index contributed by atoms with van der Waals surface area (Å²) in [6.45, 7) is 1.79. The summed E-state index contributed by atoms with van der Waals surface area (Å²) < 4.78 is 31.4. The number of sulfonamides is 1. The SMILES string of the molecule is COCC(O)CN(C)S(=O)(=O)c1cccc(C(O)Nc2ccc(C)c(Cl)c2)c1. The van der Waals surface area contributed by atoms with E-state index < -0.39 is 22.4 Å². The second kappa shape index (κ2) is 9.69. The molecule has 2 rings (SSSR count). The predicted octanol–water partition coefficient (Wildman–Crippen LogP) is 2.38. The first-order chi connectivity index (χ1) is 13.1. The Morgan fingerprint density at radius 2 is 1.93 bits per heavy atom. The van der Waals surface area contributed by atoms with Crippen molar-refractivity contribution in [2.75, 3.05) is 32.6 Å². The van der Waals surface area contributed by atoms with Crippen molar-refractivity contribution in [2.45, 2.75) is 24.2 Å². The summed E-state index contributed by atoms with van der Waals surface area (Å²) in [5, 5.41) is 23.7. The Balaban J connectivity index is 2.18. The number of hydrogen-bond acceptors (Lipinski definition) is 6. The molecule has 0 amide bonds. The zero-order chi connectivity index (χ0) is 20.9. The number of likely N-dealkylation sites (N-methyl/N-ethyl adjacent to an activating group) is 1. The number of benzene rings is 2. The van der Waals surface area contributed by atoms with Gasteiger partial charge in [-0.1, -0.05) is 29.8 Å². The number of aryl methyl sites for hydroxylation is 1. The van der Waals surface area contributed by atoms with E-state index in [9.17, 15) is 18.6 Å². The summed E-state index contributed by atoms with van der Waals surface area (Å²) in [7, 11) is -1.03. The summed E-state index contributed by atoms with van der Waals surface area (Å²) >= 11 is 6.09. The lowest BCUT2D eigenvalue weighted by molar-refractivity contribution is 0.0554. The Kier molecular flexibility index (Phi) is 7.82. The maximum atomic E-state index is 12.7. The predicted molar refractivity (Wildman–Crippen MR) is 109 cm³/mol. The van der Waals surface area contributed by atoms with Crippen molar-refractivity contribution >= 4 is 27.3 Å². The van der Waals surface area contributed by atoms with Gasteiger partial charge in [0.05, 0.1) is 17.6 Å². The zero-order valence-corrected chi connectivity index (χ0v) is 17.5. The van der Waals surface area contributed by atoms with E-state index in [2.05, 4.69) is 5.32 Å². The van der Waals surface area contributed by atoms with Gasteiger partial charge < -0.3 is 20.3 Å². The average molecular weight is 429 g/mol. The first-order valence-corrected chi connectivity index (χ1v) is 10.4. The molecule has 0 aliphatic carbocycles. The molecule has 0 saturated carbocycles. The van der Waals surface area contributed by atoms with Gasteiger partial charge in [-0.05, 0) is 36.8 Å². The molecule has 2 aromatic carbocycles. The van der Waals surface area contributed by atoms with Crippen LogP contribution in [0.4, 0.5) is 5.69 Å². The highest BCUT2D eigenvalue weighted by molar-refractivity contribution is 7.89. The van der Waals surface area contributed by atoms with E-state index in [4.69, 9.17) is 16.3 Å². The van der Waals surface area contributed by atoms with E-state index in [1.165, 1.54) is 26.3 Å². The van der Waals surface area contributed by atoms with Gasteiger partial charge in [0.15, 0.2) is 6.23 Å². The van der Waals surface area contributed by atoms with Crippen LogP contribution in [0, 0.1) is 6.92 Å². The normalized spacial score (nSPS) is 14.1. The van der Waals surface area contributed by atoms with E-state index in [1.807, 2.05) is 13.0 Å². The number of nitrogens with one attached hydrogen (secondary N) is 1. The minimum atomic E-state index is -3.84. The van der Waals surface area contributed by atoms with Crippen LogP contribution in [0.25, 0.3) is 0 Å². The molecule has 0 fully saturated rings. The van der Waals surface area contributed by atoms with Crippen molar-refractivity contribution in [3.63, 3.8) is 0 Å². The van der Waals surface area contributed by atoms with Crippen LogP contribution in [0.3, 0.4) is 0 Å². The molecule has 0 aliphatic heterocycles. The van der Waals surface area contributed by atoms with Crippen molar-refractivity contribution in [3.8, 4) is 0 Å². The lowest BCUT2D eigenvalue weighted by Crippen LogP contribution is -2.36. The van der Waals surface area contributed by atoms with Gasteiger partial charge in [-0.2, -0.15) is 4.31 Å². The minimum absolute atomic E-state index is 0.0138. The van der Waals surface area contributed by atoms with E-state index in [-0.39, 0.29) is 18.0 Å². The summed E-state index contributed by atoms with van der Waals surface area (Å²) in [6.07, 6.45) is -2.06. The number of ether oxygens (including phenoxy) is 1. The van der Waals surface area contributed by atoms with Crippen LogP contribution < -0.4 is 5.32 Å². The van der Waals surface area contributed by atoms with Crippen LogP contribution in [-0.2, 0) is 14.8 Å². The first kappa shape index (κ1) is 22.6. The first-order valence-electron chi connectivity index (χ1n) is 8.59. The molecular weight excluding hydrogens is 404 g/mol. The highest BCUT2D eigenvalue weighted by Gasteiger charge is 2.24. The van der Waals surface area contributed by atoms with Crippen molar-refractivity contribution in [2.24, 2.45) is 0 Å². The van der Waals surface area contributed by atoms with Crippen molar-refractivity contribution < 1.29 is 23.4 Å². The molecular formula is C19H25ClN2O5S. The van der Waals surface area contributed by atoms with Crippen LogP contribution in [0.1, 0.15) is 17.4 Å². The molecule has 0 aliphatic rings. The second-order valence-electron chi connectivity index (χ2n) is 6.48. The van der Waals surface area contributed by atoms with Gasteiger partial charge in [-0.15, -0.1) is 0 Å². The number of rotatable bonds is 9. The number of nitrogens with zero attached hydrogens (tertiary/aromatic N) is 1. The molecule has 7 nitrogen and oxygen atoms in total. The van der Waals surface area contributed by atoms with E-state index in [0.29, 0.717) is 16.3 Å². The number of methoxy groups -OCH3 is 1. The molecule has 0 radical (unpaired) electrons. The Hall–Kier alpha value is -1.68. The molecule has 154 valence electrons. The van der Waals surface area contributed by atoms with E-state index >= 15 is 0 Å². The Morgan fingerprint density at radius 1 is 1.21 bits per heavy atom. The largest absolute Gasteiger partial charge is 0.389 e. The molecule has 0 aromatic heterocycles. The standard InChI is InChI=1S/C19H25ClN2O5S/c1-13-7-8-15(10-18(13)20)21-19(24)14-5-4-6-17(9-14)28(25,26)22(2)11-16(23)12-27-3/h4-10,16,19,21,23-24H,11-12H2,1-3H3. The van der Waals surface area contributed by atoms with Crippen molar-refractivity contribution in [1.29, 1.82) is 0 Å². The summed E-state index contributed by atoms with van der Waals surface area (Å²) in [5.74, 6) is 0. The molecule has 0 bridgehead atoms. The highest BCUT2D eigenvalue weighted by atomic mass is 35.5. The van der Waals surface area contributed by atoms with Crippen LogP contribution in [0.5, 0.6) is 0 Å². The minimum Gasteiger partial charge on any atom is -0.389 e. The van der Waals surface area contributed by atoms with E-state index in [0.717, 1.165) is 9.87 Å². The molecule has 2 unspecified atom stereocenters. The van der Waals surface area contributed by atoms with Crippen LogP contribution >= 0.6 is 11.6 Å². The molecule has 2 aromatic rings. The number of aliphatic hydroxyl groups excluding tert-OH is 2. The molecule has 28 heavy (non-hydrogen) atoms. The number of aliphatic hydroxyl groups is 2. The van der Waals surface area contributed by atoms with Gasteiger partial charge in [-0.25, -0.2) is 8.42 Å². The monoisotopic (exact) mass is 428 g/mol. The fraction of sp³-hybridized carbons (Fsp3) is 0.368. The number of anilines is 1. The van der Waals surface area contributed by atoms with Crippen LogP contribution in [0.15, 0.2) is 47.4 Å². The third-order valence-corrected chi connectivity index (χ3v) is 6.41. The van der Waals surface area contributed by atoms with Crippen molar-refractivity contribution in [1.82, 2.24) is 4.31 Å². The van der Waals surface area contributed by atoms with Gasteiger partial charge in [0, 0.05) is 37.0 Å². The van der Waals surface area contributed by atoms with Gasteiger partial charge in [-0.3, -0.25) is 0 Å². The quantitative estimate of drug-likeness (QED) is 0.530. The van der Waals surface area contributed by atoms with Crippen molar-refractivity contribution in [3.05, 3.63) is 58.6 Å². The van der Waals surface area contributed by atoms with E-state index in [1.54, 1.807) is 24.3 Å². The Morgan fingerprint density at radius 3 is 2.57 bits per heavy atom. The molecule has 3 N–H and O–H groups in total. The van der Waals surface area contributed by atoms with Crippen LogP contribution in [0.2, 0.25) is 5.02 Å². The number of halogens is 1. The molecule has 0 saturated heterocycles. The average Bonchev–Trinajstić information content (AvgIpc) is 2.65. The van der Waals surface area contributed by atoms with Crippen LogP contribution in [-0.4, -0.2) is 56.3 Å². The Labute approximate surface area is 170 Å². The lowest BCUT2D eigenvalue weighted by atomic mass is 10.2. The van der Waals surface area contributed by atoms with Gasteiger partial charge >= 0.3 is 0 Å². The van der Waals surface area contributed by atoms with Gasteiger partial charge in [0.2, 0.25) is 10.0 Å². The third kappa shape index (κ3) is 5.66. The fourth-order valence-corrected chi connectivity index (χ4v) is 4.03. The maximum Gasteiger partial charge on any atom is 0.242 e. The Bertz CT molecular complexity index is 907. The third-order valence-electron chi connectivity index (χ3n) is 4.18. The second-order valence-corrected chi connectivity index (χ2v) is 8.93.